The van der Waals surface area contributed by atoms with E-state index < -0.39 is 0 Å². The van der Waals surface area contributed by atoms with E-state index in [2.05, 4.69) is 15.3 Å². The van der Waals surface area contributed by atoms with E-state index in [0.29, 0.717) is 6.42 Å². The Labute approximate surface area is 112 Å². The molecule has 0 unspecified atom stereocenters. The van der Waals surface area contributed by atoms with Crippen molar-refractivity contribution in [2.45, 2.75) is 32.2 Å². The zero-order valence-electron chi connectivity index (χ0n) is 11.4. The fraction of sp³-hybridized carbons (Fsp3) is 0.615. The van der Waals surface area contributed by atoms with E-state index in [1.165, 1.54) is 4.68 Å². The maximum absolute atomic E-state index is 11.5. The van der Waals surface area contributed by atoms with Gasteiger partial charge in [-0.05, 0) is 12.8 Å². The van der Waals surface area contributed by atoms with Crippen LogP contribution in [-0.4, -0.2) is 34.8 Å². The summed E-state index contributed by atoms with van der Waals surface area (Å²) in [5, 5.41) is 7.04. The lowest BCUT2D eigenvalue weighted by atomic mass is 10.0. The van der Waals surface area contributed by atoms with E-state index in [0.717, 1.165) is 31.6 Å². The van der Waals surface area contributed by atoms with E-state index in [4.69, 9.17) is 0 Å². The molecule has 0 saturated carbocycles. The fourth-order valence-electron chi connectivity index (χ4n) is 2.24. The van der Waals surface area contributed by atoms with Crippen molar-refractivity contribution in [3.8, 4) is 0 Å². The predicted octanol–water partition coefficient (Wildman–Crippen LogP) is 0.275. The largest absolute Gasteiger partial charge is 0.370 e. The van der Waals surface area contributed by atoms with Crippen LogP contribution in [-0.2, 0) is 11.8 Å². The quantitative estimate of drug-likeness (QED) is 0.851. The molecular weight excluding hydrogens is 244 g/mol. The molecule has 0 aliphatic carbocycles. The van der Waals surface area contributed by atoms with Gasteiger partial charge in [0.15, 0.2) is 0 Å². The van der Waals surface area contributed by atoms with Crippen LogP contribution in [0.25, 0.3) is 0 Å². The highest BCUT2D eigenvalue weighted by Gasteiger charge is 2.20. The number of hydrogen-bond acceptors (Lipinski definition) is 4. The third-order valence-electron chi connectivity index (χ3n) is 3.50. The summed E-state index contributed by atoms with van der Waals surface area (Å²) in [5.41, 5.74) is 0.766. The molecule has 0 aromatic carbocycles. The molecule has 1 fully saturated rings. The minimum atomic E-state index is -0.0982. The molecule has 19 heavy (non-hydrogen) atoms. The summed E-state index contributed by atoms with van der Waals surface area (Å²) in [6.07, 6.45) is 4.05. The molecular formula is C13H20N4O2. The van der Waals surface area contributed by atoms with Gasteiger partial charge in [0.2, 0.25) is 5.91 Å². The Hall–Kier alpha value is -1.85. The molecule has 0 atom stereocenters. The SMILES string of the molecule is CCC(=O)NC1CCN(c2cnn(C)c(=O)c2)CC1. The Bertz CT molecular complexity index is 504. The van der Waals surface area contributed by atoms with Crippen LogP contribution in [0.3, 0.4) is 0 Å². The number of aromatic nitrogens is 2. The molecule has 6 nitrogen and oxygen atoms in total. The van der Waals surface area contributed by atoms with Crippen LogP contribution in [0.5, 0.6) is 0 Å². The van der Waals surface area contributed by atoms with Crippen LogP contribution in [0.4, 0.5) is 5.69 Å². The van der Waals surface area contributed by atoms with Crippen LogP contribution in [0.15, 0.2) is 17.1 Å². The van der Waals surface area contributed by atoms with Crippen molar-refractivity contribution in [1.82, 2.24) is 15.1 Å². The average molecular weight is 264 g/mol. The van der Waals surface area contributed by atoms with Gasteiger partial charge < -0.3 is 10.2 Å². The van der Waals surface area contributed by atoms with Crippen LogP contribution >= 0.6 is 0 Å². The number of hydrogen-bond donors (Lipinski definition) is 1. The van der Waals surface area contributed by atoms with Gasteiger partial charge in [0.05, 0.1) is 11.9 Å². The number of nitrogens with one attached hydrogen (secondary N) is 1. The number of aryl methyl sites for hydroxylation is 1. The number of piperidine rings is 1. The van der Waals surface area contributed by atoms with Gasteiger partial charge in [-0.1, -0.05) is 6.92 Å². The zero-order valence-corrected chi connectivity index (χ0v) is 11.4. The molecule has 0 bridgehead atoms. The summed E-state index contributed by atoms with van der Waals surface area (Å²) in [6.45, 7) is 3.53. The van der Waals surface area contributed by atoms with E-state index in [-0.39, 0.29) is 17.5 Å². The topological polar surface area (TPSA) is 67.2 Å². The maximum atomic E-state index is 11.5. The Morgan fingerprint density at radius 1 is 1.47 bits per heavy atom. The first-order chi connectivity index (χ1) is 9.10. The molecule has 1 aliphatic rings. The van der Waals surface area contributed by atoms with Crippen molar-refractivity contribution in [1.29, 1.82) is 0 Å². The summed E-state index contributed by atoms with van der Waals surface area (Å²) in [6, 6.07) is 1.86. The minimum absolute atomic E-state index is 0.0982. The Balaban J connectivity index is 1.94. The maximum Gasteiger partial charge on any atom is 0.268 e. The molecule has 1 aromatic heterocycles. The van der Waals surface area contributed by atoms with Gasteiger partial charge in [0.25, 0.3) is 5.56 Å². The lowest BCUT2D eigenvalue weighted by Gasteiger charge is -2.33. The second-order valence-corrected chi connectivity index (χ2v) is 4.86. The van der Waals surface area contributed by atoms with E-state index >= 15 is 0 Å². The van der Waals surface area contributed by atoms with E-state index in [1.807, 2.05) is 6.92 Å². The molecule has 2 heterocycles. The zero-order chi connectivity index (χ0) is 13.8. The molecule has 6 heteroatoms. The van der Waals surface area contributed by atoms with E-state index in [1.54, 1.807) is 19.3 Å². The summed E-state index contributed by atoms with van der Waals surface area (Å²) < 4.78 is 1.32. The molecule has 0 radical (unpaired) electrons. The molecule has 2 rings (SSSR count). The van der Waals surface area contributed by atoms with Crippen molar-refractivity contribution < 1.29 is 4.79 Å². The average Bonchev–Trinajstić information content (AvgIpc) is 2.42. The van der Waals surface area contributed by atoms with Gasteiger partial charge >= 0.3 is 0 Å². The first-order valence-corrected chi connectivity index (χ1v) is 6.68. The molecule has 0 spiro atoms. The lowest BCUT2D eigenvalue weighted by molar-refractivity contribution is -0.121. The summed E-state index contributed by atoms with van der Waals surface area (Å²) >= 11 is 0. The van der Waals surface area contributed by atoms with Crippen molar-refractivity contribution in [3.63, 3.8) is 0 Å². The Morgan fingerprint density at radius 2 is 2.16 bits per heavy atom. The summed E-state index contributed by atoms with van der Waals surface area (Å²) in [4.78, 5) is 25.0. The van der Waals surface area contributed by atoms with Gasteiger partial charge in [-0.3, -0.25) is 9.59 Å². The Morgan fingerprint density at radius 3 is 2.74 bits per heavy atom. The fourth-order valence-corrected chi connectivity index (χ4v) is 2.24. The van der Waals surface area contributed by atoms with E-state index in [9.17, 15) is 9.59 Å². The van der Waals surface area contributed by atoms with Gasteiger partial charge in [0, 0.05) is 38.7 Å². The monoisotopic (exact) mass is 264 g/mol. The van der Waals surface area contributed by atoms with Crippen LogP contribution in [0, 0.1) is 0 Å². The third kappa shape index (κ3) is 3.33. The van der Waals surface area contributed by atoms with Crippen LogP contribution in [0.1, 0.15) is 26.2 Å². The summed E-state index contributed by atoms with van der Waals surface area (Å²) in [5.74, 6) is 0.105. The van der Waals surface area contributed by atoms with Crippen molar-refractivity contribution >= 4 is 11.6 Å². The van der Waals surface area contributed by atoms with Crippen LogP contribution in [0.2, 0.25) is 0 Å². The minimum Gasteiger partial charge on any atom is -0.370 e. The van der Waals surface area contributed by atoms with Crippen molar-refractivity contribution in [2.75, 3.05) is 18.0 Å². The number of carbonyl (C=O) groups is 1. The highest BCUT2D eigenvalue weighted by molar-refractivity contribution is 5.75. The number of rotatable bonds is 3. The highest BCUT2D eigenvalue weighted by atomic mass is 16.1. The van der Waals surface area contributed by atoms with Gasteiger partial charge in [-0.25, -0.2) is 4.68 Å². The first-order valence-electron chi connectivity index (χ1n) is 6.68. The lowest BCUT2D eigenvalue weighted by Crippen LogP contribution is -2.44. The van der Waals surface area contributed by atoms with Gasteiger partial charge in [-0.2, -0.15) is 5.10 Å². The van der Waals surface area contributed by atoms with Gasteiger partial charge in [0.1, 0.15) is 0 Å². The predicted molar refractivity (Wildman–Crippen MR) is 73.1 cm³/mol. The van der Waals surface area contributed by atoms with Crippen LogP contribution < -0.4 is 15.8 Å². The summed E-state index contributed by atoms with van der Waals surface area (Å²) in [7, 11) is 1.64. The molecule has 104 valence electrons. The molecule has 1 aromatic rings. The van der Waals surface area contributed by atoms with Crippen molar-refractivity contribution in [2.24, 2.45) is 7.05 Å². The normalized spacial score (nSPS) is 16.4. The molecule has 1 aliphatic heterocycles. The molecule has 1 amide bonds. The smallest absolute Gasteiger partial charge is 0.268 e. The standard InChI is InChI=1S/C13H20N4O2/c1-3-12(18)15-10-4-6-17(7-5-10)11-8-13(19)16(2)14-9-11/h8-10H,3-7H2,1-2H3,(H,15,18). The number of carbonyl (C=O) groups excluding carboxylic acids is 1. The van der Waals surface area contributed by atoms with Crippen molar-refractivity contribution in [3.05, 3.63) is 22.6 Å². The molecule has 1 saturated heterocycles. The van der Waals surface area contributed by atoms with Gasteiger partial charge in [-0.15, -0.1) is 0 Å². The number of amides is 1. The molecule has 1 N–H and O–H groups in total. The number of nitrogens with zero attached hydrogens (tertiary/aromatic N) is 3. The first kappa shape index (κ1) is 13.6. The Kier molecular flexibility index (Phi) is 4.19. The third-order valence-corrected chi connectivity index (χ3v) is 3.50. The second kappa shape index (κ2) is 5.86. The second-order valence-electron chi connectivity index (χ2n) is 4.86. The highest BCUT2D eigenvalue weighted by Crippen LogP contribution is 2.17. The number of anilines is 1.